The zero-order valence-corrected chi connectivity index (χ0v) is 15.0. The van der Waals surface area contributed by atoms with Gasteiger partial charge in [-0.05, 0) is 31.2 Å². The molecule has 0 radical (unpaired) electrons. The number of fused-ring (bicyclic) bond motifs is 1. The van der Waals surface area contributed by atoms with Crippen LogP contribution in [0.5, 0.6) is 5.75 Å². The van der Waals surface area contributed by atoms with E-state index in [0.29, 0.717) is 28.2 Å². The van der Waals surface area contributed by atoms with Gasteiger partial charge in [-0.2, -0.15) is 0 Å². The summed E-state index contributed by atoms with van der Waals surface area (Å²) in [6.07, 6.45) is 1.51. The van der Waals surface area contributed by atoms with Gasteiger partial charge in [-0.25, -0.2) is 0 Å². The number of para-hydroxylation sites is 1. The highest BCUT2D eigenvalue weighted by Gasteiger charge is 2.23. The number of carbonyl (C=O) groups is 1. The van der Waals surface area contributed by atoms with E-state index in [1.807, 2.05) is 0 Å². The molecular formula is C18H14N4O4S. The van der Waals surface area contributed by atoms with Crippen molar-refractivity contribution in [1.29, 1.82) is 0 Å². The minimum Gasteiger partial charge on any atom is -0.506 e. The molecule has 0 aliphatic carbocycles. The fourth-order valence-electron chi connectivity index (χ4n) is 2.84. The Morgan fingerprint density at radius 3 is 2.81 bits per heavy atom. The van der Waals surface area contributed by atoms with Crippen LogP contribution in [0.4, 0.5) is 5.13 Å². The predicted molar refractivity (Wildman–Crippen MR) is 101 cm³/mol. The molecule has 2 N–H and O–H groups in total. The van der Waals surface area contributed by atoms with Gasteiger partial charge >= 0.3 is 0 Å². The van der Waals surface area contributed by atoms with E-state index in [-0.39, 0.29) is 16.4 Å². The van der Waals surface area contributed by atoms with Crippen molar-refractivity contribution < 1.29 is 14.3 Å². The molecule has 9 heteroatoms. The van der Waals surface area contributed by atoms with Crippen LogP contribution in [0.3, 0.4) is 0 Å². The smallest absolute Gasteiger partial charge is 0.267 e. The number of rotatable bonds is 4. The predicted octanol–water partition coefficient (Wildman–Crippen LogP) is 3.09. The lowest BCUT2D eigenvalue weighted by Gasteiger charge is -2.12. The van der Waals surface area contributed by atoms with E-state index in [9.17, 15) is 14.7 Å². The molecule has 0 spiro atoms. The van der Waals surface area contributed by atoms with E-state index >= 15 is 0 Å². The maximum absolute atomic E-state index is 12.8. The summed E-state index contributed by atoms with van der Waals surface area (Å²) < 4.78 is 6.68. The number of furan rings is 1. The number of aromatic hydroxyl groups is 1. The molecule has 0 aliphatic rings. The summed E-state index contributed by atoms with van der Waals surface area (Å²) in [6.45, 7) is 2.16. The monoisotopic (exact) mass is 382 g/mol. The van der Waals surface area contributed by atoms with Gasteiger partial charge in [-0.15, -0.1) is 10.2 Å². The third-order valence-corrected chi connectivity index (χ3v) is 4.92. The lowest BCUT2D eigenvalue weighted by Crippen LogP contribution is -2.29. The highest BCUT2D eigenvalue weighted by atomic mass is 32.1. The number of amides is 1. The first kappa shape index (κ1) is 17.0. The molecule has 0 saturated carbocycles. The van der Waals surface area contributed by atoms with Crippen molar-refractivity contribution in [3.05, 3.63) is 58.6 Å². The lowest BCUT2D eigenvalue weighted by molar-refractivity contribution is 0.102. The molecule has 136 valence electrons. The van der Waals surface area contributed by atoms with E-state index in [2.05, 4.69) is 15.5 Å². The van der Waals surface area contributed by atoms with Crippen molar-refractivity contribution in [2.75, 3.05) is 5.32 Å². The Morgan fingerprint density at radius 1 is 1.26 bits per heavy atom. The first-order chi connectivity index (χ1) is 13.1. The number of hydrogen-bond acceptors (Lipinski definition) is 7. The summed E-state index contributed by atoms with van der Waals surface area (Å²) in [5, 5.41) is 22.0. The van der Waals surface area contributed by atoms with E-state index in [0.717, 1.165) is 11.3 Å². The van der Waals surface area contributed by atoms with Crippen molar-refractivity contribution in [2.45, 2.75) is 13.5 Å². The van der Waals surface area contributed by atoms with Gasteiger partial charge in [0.15, 0.2) is 10.8 Å². The number of carbonyl (C=O) groups excluding carboxylic acids is 1. The molecular weight excluding hydrogens is 368 g/mol. The second-order valence-electron chi connectivity index (χ2n) is 5.63. The largest absolute Gasteiger partial charge is 0.506 e. The number of hydrogen-bond donors (Lipinski definition) is 2. The summed E-state index contributed by atoms with van der Waals surface area (Å²) >= 11 is 1.10. The van der Waals surface area contributed by atoms with Gasteiger partial charge in [0, 0.05) is 11.9 Å². The molecule has 0 fully saturated rings. The lowest BCUT2D eigenvalue weighted by atomic mass is 10.1. The summed E-state index contributed by atoms with van der Waals surface area (Å²) in [7, 11) is 0. The molecule has 27 heavy (non-hydrogen) atoms. The minimum absolute atomic E-state index is 0.196. The Balaban J connectivity index is 1.74. The fourth-order valence-corrected chi connectivity index (χ4v) is 3.55. The Bertz CT molecular complexity index is 1190. The van der Waals surface area contributed by atoms with Crippen LogP contribution in [-0.2, 0) is 6.54 Å². The highest BCUT2D eigenvalue weighted by Crippen LogP contribution is 2.29. The van der Waals surface area contributed by atoms with Crippen molar-refractivity contribution in [2.24, 2.45) is 0 Å². The number of nitrogens with one attached hydrogen (secondary N) is 1. The van der Waals surface area contributed by atoms with Gasteiger partial charge in [0.1, 0.15) is 11.3 Å². The van der Waals surface area contributed by atoms with Gasteiger partial charge in [-0.1, -0.05) is 23.5 Å². The second-order valence-corrected chi connectivity index (χ2v) is 6.61. The van der Waals surface area contributed by atoms with Gasteiger partial charge in [0.2, 0.25) is 5.13 Å². The summed E-state index contributed by atoms with van der Waals surface area (Å²) in [4.78, 5) is 25.4. The van der Waals surface area contributed by atoms with Gasteiger partial charge < -0.3 is 14.1 Å². The third-order valence-electron chi connectivity index (χ3n) is 4.07. The first-order valence-electron chi connectivity index (χ1n) is 8.13. The van der Waals surface area contributed by atoms with Crippen LogP contribution < -0.4 is 10.9 Å². The van der Waals surface area contributed by atoms with Gasteiger partial charge in [0.25, 0.3) is 11.5 Å². The maximum Gasteiger partial charge on any atom is 0.267 e. The van der Waals surface area contributed by atoms with Gasteiger partial charge in [-0.3, -0.25) is 14.9 Å². The summed E-state index contributed by atoms with van der Waals surface area (Å²) in [6, 6.07) is 10.3. The fraction of sp³-hybridized carbons (Fsp3) is 0.111. The minimum atomic E-state index is -0.743. The molecule has 3 aromatic heterocycles. The Hall–Kier alpha value is -3.46. The zero-order chi connectivity index (χ0) is 19.0. The van der Waals surface area contributed by atoms with Crippen LogP contribution in [0.2, 0.25) is 0 Å². The Morgan fingerprint density at radius 2 is 2.07 bits per heavy atom. The average Bonchev–Trinajstić information content (AvgIpc) is 3.34. The maximum atomic E-state index is 12.8. The van der Waals surface area contributed by atoms with Crippen molar-refractivity contribution >= 4 is 33.3 Å². The van der Waals surface area contributed by atoms with E-state index in [4.69, 9.17) is 4.42 Å². The molecule has 0 bridgehead atoms. The molecule has 1 aromatic carbocycles. The van der Waals surface area contributed by atoms with Crippen LogP contribution in [0.15, 0.2) is 51.9 Å². The highest BCUT2D eigenvalue weighted by molar-refractivity contribution is 7.18. The molecule has 0 aliphatic heterocycles. The van der Waals surface area contributed by atoms with Crippen LogP contribution >= 0.6 is 11.3 Å². The molecule has 1 amide bonds. The van der Waals surface area contributed by atoms with Crippen molar-refractivity contribution in [1.82, 2.24) is 14.8 Å². The molecule has 3 heterocycles. The van der Waals surface area contributed by atoms with Crippen molar-refractivity contribution in [3.63, 3.8) is 0 Å². The molecule has 4 rings (SSSR count). The van der Waals surface area contributed by atoms with Crippen LogP contribution in [0, 0.1) is 0 Å². The Kier molecular flexibility index (Phi) is 4.21. The van der Waals surface area contributed by atoms with E-state index in [1.54, 1.807) is 43.3 Å². The van der Waals surface area contributed by atoms with Crippen LogP contribution in [0.25, 0.3) is 21.7 Å². The SMILES string of the molecule is CCn1c(=O)c(C(=O)Nc2nnc(-c3ccco3)s2)c(O)c2ccccc21. The number of nitrogens with zero attached hydrogens (tertiary/aromatic N) is 3. The Labute approximate surface area is 156 Å². The zero-order valence-electron chi connectivity index (χ0n) is 14.2. The molecule has 0 unspecified atom stereocenters. The number of aromatic nitrogens is 3. The topological polar surface area (TPSA) is 110 Å². The number of anilines is 1. The molecule has 8 nitrogen and oxygen atoms in total. The summed E-state index contributed by atoms with van der Waals surface area (Å²) in [5.41, 5.74) is -0.331. The number of aryl methyl sites for hydroxylation is 1. The summed E-state index contributed by atoms with van der Waals surface area (Å²) in [5.74, 6) is -0.573. The molecule has 0 atom stereocenters. The number of pyridine rings is 1. The average molecular weight is 382 g/mol. The quantitative estimate of drug-likeness (QED) is 0.561. The van der Waals surface area contributed by atoms with E-state index < -0.39 is 11.5 Å². The van der Waals surface area contributed by atoms with Gasteiger partial charge in [0.05, 0.1) is 11.8 Å². The van der Waals surface area contributed by atoms with Crippen LogP contribution in [-0.4, -0.2) is 25.8 Å². The molecule has 4 aromatic rings. The molecule has 0 saturated heterocycles. The first-order valence-corrected chi connectivity index (χ1v) is 8.95. The van der Waals surface area contributed by atoms with Crippen molar-refractivity contribution in [3.8, 4) is 16.5 Å². The third kappa shape index (κ3) is 2.87. The normalized spacial score (nSPS) is 11.0. The second kappa shape index (κ2) is 6.69. The van der Waals surface area contributed by atoms with E-state index in [1.165, 1.54) is 10.8 Å². The number of benzene rings is 1. The van der Waals surface area contributed by atoms with Crippen LogP contribution in [0.1, 0.15) is 17.3 Å². The standard InChI is InChI=1S/C18H14N4O4S/c1-2-22-11-7-4-3-6-10(11)14(23)13(17(22)25)15(24)19-18-21-20-16(27-18)12-8-5-9-26-12/h3-9,23H,2H2,1H3,(H,19,21,24).